The second kappa shape index (κ2) is 6.52. The molecule has 0 spiro atoms. The van der Waals surface area contributed by atoms with Crippen molar-refractivity contribution in [2.45, 2.75) is 6.92 Å². The fourth-order valence-corrected chi connectivity index (χ4v) is 1.36. The molecule has 1 aromatic rings. The van der Waals surface area contributed by atoms with Crippen LogP contribution in [0.4, 0.5) is 5.69 Å². The van der Waals surface area contributed by atoms with Crippen LogP contribution in [0, 0.1) is 0 Å². The number of anilines is 1. The van der Waals surface area contributed by atoms with E-state index >= 15 is 0 Å². The van der Waals surface area contributed by atoms with E-state index in [1.54, 1.807) is 32.2 Å². The first-order chi connectivity index (χ1) is 8.19. The summed E-state index contributed by atoms with van der Waals surface area (Å²) >= 11 is 0. The van der Waals surface area contributed by atoms with Gasteiger partial charge in [-0.25, -0.2) is 0 Å². The molecule has 1 rings (SSSR count). The standard InChI is InChI=1S/C12H16N2O3/c1-3-17-11(15)8-14-12(16)9-6-4-5-7-10(9)13-2/h4-7,13H,3,8H2,1-2H3,(H,14,16). The lowest BCUT2D eigenvalue weighted by Gasteiger charge is -2.09. The van der Waals surface area contributed by atoms with Crippen LogP contribution in [0.2, 0.25) is 0 Å². The molecular formula is C12H16N2O3. The maximum absolute atomic E-state index is 11.8. The molecule has 17 heavy (non-hydrogen) atoms. The topological polar surface area (TPSA) is 67.4 Å². The van der Waals surface area contributed by atoms with Crippen molar-refractivity contribution >= 4 is 17.6 Å². The van der Waals surface area contributed by atoms with Gasteiger partial charge in [-0.1, -0.05) is 12.1 Å². The molecule has 0 radical (unpaired) electrons. The Hall–Kier alpha value is -2.04. The molecule has 0 aliphatic heterocycles. The Balaban J connectivity index is 2.61. The SMILES string of the molecule is CCOC(=O)CNC(=O)c1ccccc1NC. The van der Waals surface area contributed by atoms with E-state index in [1.807, 2.05) is 6.07 Å². The summed E-state index contributed by atoms with van der Waals surface area (Å²) in [6.45, 7) is 1.91. The molecule has 5 heteroatoms. The molecule has 2 N–H and O–H groups in total. The zero-order valence-corrected chi connectivity index (χ0v) is 9.95. The van der Waals surface area contributed by atoms with Crippen LogP contribution in [0.15, 0.2) is 24.3 Å². The van der Waals surface area contributed by atoms with Gasteiger partial charge in [0.05, 0.1) is 12.2 Å². The minimum Gasteiger partial charge on any atom is -0.465 e. The van der Waals surface area contributed by atoms with Gasteiger partial charge in [0.1, 0.15) is 6.54 Å². The number of carbonyl (C=O) groups is 2. The number of hydrogen-bond donors (Lipinski definition) is 2. The van der Waals surface area contributed by atoms with Gasteiger partial charge in [0.25, 0.3) is 5.91 Å². The van der Waals surface area contributed by atoms with Crippen molar-refractivity contribution in [1.82, 2.24) is 5.32 Å². The molecule has 0 unspecified atom stereocenters. The summed E-state index contributed by atoms with van der Waals surface area (Å²) in [4.78, 5) is 22.9. The summed E-state index contributed by atoms with van der Waals surface area (Å²) in [6, 6.07) is 7.07. The van der Waals surface area contributed by atoms with Gasteiger partial charge in [-0.2, -0.15) is 0 Å². The van der Waals surface area contributed by atoms with Crippen molar-refractivity contribution in [2.75, 3.05) is 25.5 Å². The highest BCUT2D eigenvalue weighted by molar-refractivity contribution is 6.00. The lowest BCUT2D eigenvalue weighted by molar-refractivity contribution is -0.141. The van der Waals surface area contributed by atoms with Crippen molar-refractivity contribution in [3.8, 4) is 0 Å². The third kappa shape index (κ3) is 3.79. The molecule has 0 bridgehead atoms. The molecule has 1 aromatic carbocycles. The van der Waals surface area contributed by atoms with Crippen LogP contribution < -0.4 is 10.6 Å². The van der Waals surface area contributed by atoms with Gasteiger partial charge in [-0.05, 0) is 19.1 Å². The number of para-hydroxylation sites is 1. The number of carbonyl (C=O) groups excluding carboxylic acids is 2. The molecular weight excluding hydrogens is 220 g/mol. The summed E-state index contributed by atoms with van der Waals surface area (Å²) in [5.41, 5.74) is 1.22. The summed E-state index contributed by atoms with van der Waals surface area (Å²) < 4.78 is 4.72. The zero-order chi connectivity index (χ0) is 12.7. The maximum Gasteiger partial charge on any atom is 0.325 e. The predicted molar refractivity (Wildman–Crippen MR) is 65.0 cm³/mol. The smallest absolute Gasteiger partial charge is 0.325 e. The number of nitrogens with one attached hydrogen (secondary N) is 2. The Labute approximate surface area is 100 Å². The summed E-state index contributed by atoms with van der Waals surface area (Å²) in [6.07, 6.45) is 0. The van der Waals surface area contributed by atoms with Crippen LogP contribution in [0.1, 0.15) is 17.3 Å². The number of hydrogen-bond acceptors (Lipinski definition) is 4. The number of esters is 1. The third-order valence-electron chi connectivity index (χ3n) is 2.14. The normalized spacial score (nSPS) is 9.53. The Bertz CT molecular complexity index is 404. The van der Waals surface area contributed by atoms with E-state index in [1.165, 1.54) is 0 Å². The monoisotopic (exact) mass is 236 g/mol. The van der Waals surface area contributed by atoms with Crippen LogP contribution in [-0.2, 0) is 9.53 Å². The van der Waals surface area contributed by atoms with E-state index in [9.17, 15) is 9.59 Å². The molecule has 1 amide bonds. The van der Waals surface area contributed by atoms with Crippen LogP contribution in [-0.4, -0.2) is 32.1 Å². The van der Waals surface area contributed by atoms with Crippen molar-refractivity contribution in [2.24, 2.45) is 0 Å². The molecule has 0 saturated heterocycles. The molecule has 0 aliphatic rings. The molecule has 0 fully saturated rings. The Morgan fingerprint density at radius 1 is 1.29 bits per heavy atom. The average Bonchev–Trinajstić information content (AvgIpc) is 2.36. The number of benzene rings is 1. The van der Waals surface area contributed by atoms with Crippen molar-refractivity contribution in [3.05, 3.63) is 29.8 Å². The fourth-order valence-electron chi connectivity index (χ4n) is 1.36. The minimum absolute atomic E-state index is 0.120. The van der Waals surface area contributed by atoms with Crippen molar-refractivity contribution < 1.29 is 14.3 Å². The molecule has 92 valence electrons. The van der Waals surface area contributed by atoms with Gasteiger partial charge in [-0.3, -0.25) is 9.59 Å². The average molecular weight is 236 g/mol. The molecule has 5 nitrogen and oxygen atoms in total. The fraction of sp³-hybridized carbons (Fsp3) is 0.333. The third-order valence-corrected chi connectivity index (χ3v) is 2.14. The van der Waals surface area contributed by atoms with Gasteiger partial charge in [0, 0.05) is 12.7 Å². The number of amides is 1. The van der Waals surface area contributed by atoms with Crippen molar-refractivity contribution in [3.63, 3.8) is 0 Å². The Morgan fingerprint density at radius 2 is 2.00 bits per heavy atom. The van der Waals surface area contributed by atoms with E-state index in [2.05, 4.69) is 10.6 Å². The molecule has 0 saturated carbocycles. The molecule has 0 heterocycles. The Morgan fingerprint density at radius 3 is 2.65 bits per heavy atom. The second-order valence-electron chi connectivity index (χ2n) is 3.28. The summed E-state index contributed by atoms with van der Waals surface area (Å²) in [5.74, 6) is -0.745. The highest BCUT2D eigenvalue weighted by Crippen LogP contribution is 2.13. The van der Waals surface area contributed by atoms with E-state index in [0.717, 1.165) is 0 Å². The van der Waals surface area contributed by atoms with E-state index in [4.69, 9.17) is 4.74 Å². The van der Waals surface area contributed by atoms with E-state index in [0.29, 0.717) is 17.9 Å². The highest BCUT2D eigenvalue weighted by atomic mass is 16.5. The summed E-state index contributed by atoms with van der Waals surface area (Å²) in [7, 11) is 1.73. The van der Waals surface area contributed by atoms with Crippen LogP contribution in [0.5, 0.6) is 0 Å². The van der Waals surface area contributed by atoms with Crippen LogP contribution in [0.3, 0.4) is 0 Å². The largest absolute Gasteiger partial charge is 0.465 e. The maximum atomic E-state index is 11.8. The molecule has 0 atom stereocenters. The highest BCUT2D eigenvalue weighted by Gasteiger charge is 2.11. The first-order valence-corrected chi connectivity index (χ1v) is 5.39. The van der Waals surface area contributed by atoms with Gasteiger partial charge in [0.15, 0.2) is 0 Å². The molecule has 0 aliphatic carbocycles. The summed E-state index contributed by atoms with van der Waals surface area (Å²) in [5, 5.41) is 5.42. The van der Waals surface area contributed by atoms with Gasteiger partial charge in [0.2, 0.25) is 0 Å². The molecule has 0 aromatic heterocycles. The van der Waals surface area contributed by atoms with Gasteiger partial charge >= 0.3 is 5.97 Å². The zero-order valence-electron chi connectivity index (χ0n) is 9.95. The number of ether oxygens (including phenoxy) is 1. The predicted octanol–water partition coefficient (Wildman–Crippen LogP) is 1.02. The van der Waals surface area contributed by atoms with Gasteiger partial charge < -0.3 is 15.4 Å². The first kappa shape index (κ1) is 13.0. The second-order valence-corrected chi connectivity index (χ2v) is 3.28. The van der Waals surface area contributed by atoms with Crippen LogP contribution >= 0.6 is 0 Å². The van der Waals surface area contributed by atoms with Crippen molar-refractivity contribution in [1.29, 1.82) is 0 Å². The van der Waals surface area contributed by atoms with Crippen LogP contribution in [0.25, 0.3) is 0 Å². The van der Waals surface area contributed by atoms with Gasteiger partial charge in [-0.15, -0.1) is 0 Å². The lowest BCUT2D eigenvalue weighted by atomic mass is 10.1. The Kier molecular flexibility index (Phi) is 5.00. The quantitative estimate of drug-likeness (QED) is 0.749. The van der Waals surface area contributed by atoms with E-state index < -0.39 is 5.97 Å². The van der Waals surface area contributed by atoms with E-state index in [-0.39, 0.29) is 12.5 Å². The minimum atomic E-state index is -0.442. The first-order valence-electron chi connectivity index (χ1n) is 5.39. The lowest BCUT2D eigenvalue weighted by Crippen LogP contribution is -2.31. The number of rotatable bonds is 5.